The molecule has 2 unspecified atom stereocenters. The van der Waals surface area contributed by atoms with Gasteiger partial charge in [0.1, 0.15) is 0 Å². The van der Waals surface area contributed by atoms with Gasteiger partial charge in [-0.25, -0.2) is 0 Å². The summed E-state index contributed by atoms with van der Waals surface area (Å²) in [6, 6.07) is 7.00. The maximum Gasteiger partial charge on any atom is 0.0547 e. The number of pyridine rings is 1. The number of aryl methyl sites for hydroxylation is 1. The molecule has 1 fully saturated rings. The van der Waals surface area contributed by atoms with Crippen molar-refractivity contribution < 1.29 is 0 Å². The number of piperidine rings is 1. The summed E-state index contributed by atoms with van der Waals surface area (Å²) in [5.74, 6) is 0.727. The fourth-order valence-corrected chi connectivity index (χ4v) is 2.93. The number of hydrogen-bond acceptors (Lipinski definition) is 3. The largest absolute Gasteiger partial charge is 0.314 e. The molecular weight excluding hydrogens is 234 g/mol. The summed E-state index contributed by atoms with van der Waals surface area (Å²) in [5, 5.41) is 3.67. The Morgan fingerprint density at radius 1 is 1.42 bits per heavy atom. The molecule has 0 aliphatic carbocycles. The average molecular weight is 261 g/mol. The van der Waals surface area contributed by atoms with Crippen molar-refractivity contribution >= 4 is 0 Å². The predicted molar refractivity (Wildman–Crippen MR) is 80.1 cm³/mol. The second-order valence-electron chi connectivity index (χ2n) is 5.83. The summed E-state index contributed by atoms with van der Waals surface area (Å²) >= 11 is 0. The van der Waals surface area contributed by atoms with Crippen molar-refractivity contribution in [1.82, 2.24) is 15.2 Å². The maximum absolute atomic E-state index is 4.60. The van der Waals surface area contributed by atoms with E-state index < -0.39 is 0 Å². The molecule has 1 aromatic heterocycles. The number of aromatic nitrogens is 1. The molecule has 19 heavy (non-hydrogen) atoms. The molecule has 2 rings (SSSR count). The Morgan fingerprint density at radius 2 is 2.26 bits per heavy atom. The van der Waals surface area contributed by atoms with Crippen molar-refractivity contribution in [3.63, 3.8) is 0 Å². The minimum Gasteiger partial charge on any atom is -0.314 e. The van der Waals surface area contributed by atoms with Crippen LogP contribution in [0.5, 0.6) is 0 Å². The summed E-state index contributed by atoms with van der Waals surface area (Å²) in [4.78, 5) is 7.14. The summed E-state index contributed by atoms with van der Waals surface area (Å²) in [7, 11) is 0. The molecule has 0 amide bonds. The summed E-state index contributed by atoms with van der Waals surface area (Å²) in [6.07, 6.45) is 2.48. The van der Waals surface area contributed by atoms with E-state index in [0.29, 0.717) is 6.04 Å². The third-order valence-corrected chi connectivity index (χ3v) is 3.98. The Kier molecular flexibility index (Phi) is 5.34. The normalized spacial score (nSPS) is 24.6. The van der Waals surface area contributed by atoms with Gasteiger partial charge >= 0.3 is 0 Å². The van der Waals surface area contributed by atoms with E-state index in [0.717, 1.165) is 24.7 Å². The summed E-state index contributed by atoms with van der Waals surface area (Å²) in [6.45, 7) is 11.2. The highest BCUT2D eigenvalue weighted by Crippen LogP contribution is 2.18. The van der Waals surface area contributed by atoms with Crippen LogP contribution in [0.4, 0.5) is 0 Å². The molecule has 0 saturated carbocycles. The third kappa shape index (κ3) is 4.29. The molecule has 1 aliphatic rings. The lowest BCUT2D eigenvalue weighted by Crippen LogP contribution is -2.48. The molecule has 0 spiro atoms. The molecule has 1 N–H and O–H groups in total. The van der Waals surface area contributed by atoms with Gasteiger partial charge in [-0.15, -0.1) is 0 Å². The molecule has 0 bridgehead atoms. The second-order valence-corrected chi connectivity index (χ2v) is 5.83. The lowest BCUT2D eigenvalue weighted by Gasteiger charge is -2.37. The lowest BCUT2D eigenvalue weighted by molar-refractivity contribution is 0.140. The number of nitrogens with one attached hydrogen (secondary N) is 1. The highest BCUT2D eigenvalue weighted by Gasteiger charge is 2.25. The van der Waals surface area contributed by atoms with E-state index in [-0.39, 0.29) is 0 Å². The Bertz CT molecular complexity index is 391. The maximum atomic E-state index is 4.60. The van der Waals surface area contributed by atoms with Crippen LogP contribution in [0.15, 0.2) is 18.2 Å². The van der Waals surface area contributed by atoms with Gasteiger partial charge in [0, 0.05) is 31.4 Å². The van der Waals surface area contributed by atoms with Gasteiger partial charge in [0.05, 0.1) is 5.69 Å². The summed E-state index contributed by atoms with van der Waals surface area (Å²) in [5.41, 5.74) is 2.32. The third-order valence-electron chi connectivity index (χ3n) is 3.98. The van der Waals surface area contributed by atoms with Gasteiger partial charge < -0.3 is 5.32 Å². The topological polar surface area (TPSA) is 28.2 Å². The first kappa shape index (κ1) is 14.5. The number of rotatable bonds is 5. The van der Waals surface area contributed by atoms with Gasteiger partial charge in [-0.05, 0) is 44.4 Å². The first-order valence-electron chi connectivity index (χ1n) is 7.57. The van der Waals surface area contributed by atoms with E-state index in [1.54, 1.807) is 0 Å². The van der Waals surface area contributed by atoms with E-state index in [1.165, 1.54) is 31.6 Å². The zero-order valence-electron chi connectivity index (χ0n) is 12.5. The van der Waals surface area contributed by atoms with Crippen molar-refractivity contribution in [1.29, 1.82) is 0 Å². The molecule has 2 atom stereocenters. The van der Waals surface area contributed by atoms with Crippen LogP contribution in [0.2, 0.25) is 0 Å². The van der Waals surface area contributed by atoms with Crippen molar-refractivity contribution in [2.24, 2.45) is 5.92 Å². The quantitative estimate of drug-likeness (QED) is 0.883. The van der Waals surface area contributed by atoms with Gasteiger partial charge in [0.15, 0.2) is 0 Å². The van der Waals surface area contributed by atoms with Crippen LogP contribution in [0, 0.1) is 12.8 Å². The fraction of sp³-hybridized carbons (Fsp3) is 0.688. The Morgan fingerprint density at radius 3 is 2.95 bits per heavy atom. The van der Waals surface area contributed by atoms with Crippen LogP contribution in [0.3, 0.4) is 0 Å². The van der Waals surface area contributed by atoms with Crippen LogP contribution in [0.1, 0.15) is 38.1 Å². The van der Waals surface area contributed by atoms with Crippen LogP contribution in [-0.4, -0.2) is 35.6 Å². The van der Waals surface area contributed by atoms with E-state index in [2.05, 4.69) is 54.2 Å². The second kappa shape index (κ2) is 7.01. The summed E-state index contributed by atoms with van der Waals surface area (Å²) < 4.78 is 0. The van der Waals surface area contributed by atoms with Crippen LogP contribution in [0.25, 0.3) is 0 Å². The lowest BCUT2D eigenvalue weighted by atomic mass is 9.93. The van der Waals surface area contributed by atoms with Crippen LogP contribution >= 0.6 is 0 Å². The van der Waals surface area contributed by atoms with Crippen molar-refractivity contribution in [2.45, 2.75) is 46.2 Å². The molecule has 1 aromatic rings. The Labute approximate surface area is 117 Å². The van der Waals surface area contributed by atoms with Gasteiger partial charge in [-0.1, -0.05) is 19.9 Å². The first-order chi connectivity index (χ1) is 9.19. The minimum absolute atomic E-state index is 0.696. The van der Waals surface area contributed by atoms with Crippen molar-refractivity contribution in [2.75, 3.05) is 19.6 Å². The standard InChI is InChI=1S/C16H27N3/c1-4-9-17-16-8-10-19(11-13(16)2)12-15-7-5-6-14(3)18-15/h5-7,13,16-17H,4,8-12H2,1-3H3. The van der Waals surface area contributed by atoms with Crippen molar-refractivity contribution in [3.8, 4) is 0 Å². The first-order valence-corrected chi connectivity index (χ1v) is 7.57. The number of hydrogen-bond donors (Lipinski definition) is 1. The Hall–Kier alpha value is -0.930. The smallest absolute Gasteiger partial charge is 0.0547 e. The molecule has 0 aromatic carbocycles. The highest BCUT2D eigenvalue weighted by molar-refractivity contribution is 5.10. The predicted octanol–water partition coefficient (Wildman–Crippen LogP) is 2.60. The Balaban J connectivity index is 1.84. The minimum atomic E-state index is 0.696. The van der Waals surface area contributed by atoms with Gasteiger partial charge in [0.2, 0.25) is 0 Å². The van der Waals surface area contributed by atoms with Crippen LogP contribution < -0.4 is 5.32 Å². The fourth-order valence-electron chi connectivity index (χ4n) is 2.93. The van der Waals surface area contributed by atoms with E-state index in [4.69, 9.17) is 0 Å². The number of likely N-dealkylation sites (tertiary alicyclic amines) is 1. The van der Waals surface area contributed by atoms with Gasteiger partial charge in [0.25, 0.3) is 0 Å². The average Bonchev–Trinajstić information content (AvgIpc) is 2.38. The molecule has 3 heteroatoms. The molecule has 1 aliphatic heterocycles. The van der Waals surface area contributed by atoms with Gasteiger partial charge in [-0.3, -0.25) is 9.88 Å². The SMILES string of the molecule is CCCNC1CCN(Cc2cccc(C)n2)CC1C. The van der Waals surface area contributed by atoms with E-state index in [1.807, 2.05) is 0 Å². The van der Waals surface area contributed by atoms with E-state index in [9.17, 15) is 0 Å². The molecule has 0 radical (unpaired) electrons. The monoisotopic (exact) mass is 261 g/mol. The highest BCUT2D eigenvalue weighted by atomic mass is 15.2. The van der Waals surface area contributed by atoms with Crippen LogP contribution in [-0.2, 0) is 6.54 Å². The molecule has 1 saturated heterocycles. The molecular formula is C16H27N3. The zero-order chi connectivity index (χ0) is 13.7. The number of nitrogens with zero attached hydrogens (tertiary/aromatic N) is 2. The zero-order valence-corrected chi connectivity index (χ0v) is 12.5. The van der Waals surface area contributed by atoms with E-state index >= 15 is 0 Å². The molecule has 106 valence electrons. The molecule has 2 heterocycles. The van der Waals surface area contributed by atoms with Crippen molar-refractivity contribution in [3.05, 3.63) is 29.6 Å². The molecule has 3 nitrogen and oxygen atoms in total. The van der Waals surface area contributed by atoms with Gasteiger partial charge in [-0.2, -0.15) is 0 Å².